The first kappa shape index (κ1) is 21.2. The van der Waals surface area contributed by atoms with E-state index in [1.165, 1.54) is 0 Å². The average Bonchev–Trinajstić information content (AvgIpc) is 2.75. The number of hydrogen-bond donors (Lipinski definition) is 0. The molecule has 0 fully saturated rings. The summed E-state index contributed by atoms with van der Waals surface area (Å²) < 4.78 is 22.1. The Hall–Kier alpha value is -2.56. The van der Waals surface area contributed by atoms with Crippen LogP contribution in [0.5, 0.6) is 23.0 Å². The summed E-state index contributed by atoms with van der Waals surface area (Å²) in [5.74, 6) is 2.13. The molecule has 0 saturated carbocycles. The van der Waals surface area contributed by atoms with Gasteiger partial charge in [0.15, 0.2) is 0 Å². The van der Waals surface area contributed by atoms with Gasteiger partial charge in [-0.05, 0) is 17.7 Å². The number of halogens is 2. The highest BCUT2D eigenvalue weighted by atomic mass is 35.5. The van der Waals surface area contributed by atoms with E-state index in [0.717, 1.165) is 16.7 Å². The van der Waals surface area contributed by atoms with Crippen LogP contribution in [-0.2, 0) is 0 Å². The molecule has 0 aliphatic carbocycles. The van der Waals surface area contributed by atoms with Crippen molar-refractivity contribution >= 4 is 23.2 Å². The lowest BCUT2D eigenvalue weighted by atomic mass is 9.84. The molecular formula is C23H22Cl2O4. The van der Waals surface area contributed by atoms with Crippen molar-refractivity contribution in [3.8, 4) is 23.0 Å². The van der Waals surface area contributed by atoms with Crippen molar-refractivity contribution in [3.05, 3.63) is 81.3 Å². The maximum Gasteiger partial charge on any atom is 0.141 e. The van der Waals surface area contributed by atoms with Gasteiger partial charge < -0.3 is 18.9 Å². The van der Waals surface area contributed by atoms with Crippen molar-refractivity contribution in [3.63, 3.8) is 0 Å². The molecule has 0 amide bonds. The van der Waals surface area contributed by atoms with Crippen molar-refractivity contribution in [1.29, 1.82) is 0 Å². The Bertz CT molecular complexity index is 928. The lowest BCUT2D eigenvalue weighted by Crippen LogP contribution is -2.08. The van der Waals surface area contributed by atoms with Gasteiger partial charge in [-0.1, -0.05) is 53.5 Å². The quantitative estimate of drug-likeness (QED) is 0.416. The van der Waals surface area contributed by atoms with E-state index in [2.05, 4.69) is 0 Å². The molecular weight excluding hydrogens is 411 g/mol. The molecule has 4 nitrogen and oxygen atoms in total. The van der Waals surface area contributed by atoms with Crippen LogP contribution in [0, 0.1) is 0 Å². The summed E-state index contributed by atoms with van der Waals surface area (Å²) in [4.78, 5) is 0. The largest absolute Gasteiger partial charge is 0.496 e. The van der Waals surface area contributed by atoms with E-state index in [1.54, 1.807) is 40.6 Å². The molecule has 0 atom stereocenters. The second kappa shape index (κ2) is 9.29. The van der Waals surface area contributed by atoms with E-state index >= 15 is 0 Å². The van der Waals surface area contributed by atoms with E-state index in [4.69, 9.17) is 42.1 Å². The maximum absolute atomic E-state index is 6.47. The Morgan fingerprint density at radius 3 is 1.38 bits per heavy atom. The van der Waals surface area contributed by atoms with Gasteiger partial charge >= 0.3 is 0 Å². The minimum atomic E-state index is -0.243. The van der Waals surface area contributed by atoms with Crippen molar-refractivity contribution in [1.82, 2.24) is 0 Å². The molecule has 3 rings (SSSR count). The third kappa shape index (κ3) is 4.24. The van der Waals surface area contributed by atoms with Crippen LogP contribution in [0.4, 0.5) is 0 Å². The van der Waals surface area contributed by atoms with E-state index < -0.39 is 0 Å². The summed E-state index contributed by atoms with van der Waals surface area (Å²) in [6.45, 7) is 0. The molecule has 0 unspecified atom stereocenters. The third-order valence-electron chi connectivity index (χ3n) is 4.76. The van der Waals surface area contributed by atoms with Crippen LogP contribution in [0.25, 0.3) is 0 Å². The Morgan fingerprint density at radius 2 is 1.00 bits per heavy atom. The second-order valence-electron chi connectivity index (χ2n) is 6.30. The van der Waals surface area contributed by atoms with Crippen molar-refractivity contribution in [2.24, 2.45) is 0 Å². The second-order valence-corrected chi connectivity index (χ2v) is 7.12. The van der Waals surface area contributed by atoms with E-state index in [-0.39, 0.29) is 5.92 Å². The molecule has 29 heavy (non-hydrogen) atoms. The van der Waals surface area contributed by atoms with Gasteiger partial charge in [-0.3, -0.25) is 0 Å². The first-order valence-electron chi connectivity index (χ1n) is 8.91. The van der Waals surface area contributed by atoms with Gasteiger partial charge in [-0.2, -0.15) is 0 Å². The summed E-state index contributed by atoms with van der Waals surface area (Å²) in [5, 5.41) is 0.977. The van der Waals surface area contributed by atoms with Crippen LogP contribution >= 0.6 is 23.2 Å². The molecule has 0 N–H and O–H groups in total. The molecule has 0 spiro atoms. The molecule has 152 valence electrons. The standard InChI is InChI=1S/C23H22Cl2O4/c1-26-19-12-21(28-3)17(24)10-15(19)23(14-8-6-5-7-9-14)16-11-18(25)22(29-4)13-20(16)27-2/h5-13,23H,1-4H3. The highest BCUT2D eigenvalue weighted by Gasteiger charge is 2.26. The Morgan fingerprint density at radius 1 is 0.586 bits per heavy atom. The van der Waals surface area contributed by atoms with Gasteiger partial charge in [0.2, 0.25) is 0 Å². The Kier molecular flexibility index (Phi) is 6.78. The maximum atomic E-state index is 6.47. The number of methoxy groups -OCH3 is 4. The van der Waals surface area contributed by atoms with Crippen LogP contribution < -0.4 is 18.9 Å². The molecule has 0 aliphatic heterocycles. The van der Waals surface area contributed by atoms with Crippen LogP contribution in [0.2, 0.25) is 10.0 Å². The molecule has 6 heteroatoms. The number of benzene rings is 3. The van der Waals surface area contributed by atoms with Crippen LogP contribution in [0.3, 0.4) is 0 Å². The third-order valence-corrected chi connectivity index (χ3v) is 5.35. The number of ether oxygens (including phenoxy) is 4. The first-order valence-corrected chi connectivity index (χ1v) is 9.67. The van der Waals surface area contributed by atoms with Crippen LogP contribution in [0.15, 0.2) is 54.6 Å². The van der Waals surface area contributed by atoms with Gasteiger partial charge in [0.1, 0.15) is 23.0 Å². The normalized spacial score (nSPS) is 10.7. The molecule has 0 saturated heterocycles. The van der Waals surface area contributed by atoms with Gasteiger partial charge in [-0.25, -0.2) is 0 Å². The van der Waals surface area contributed by atoms with E-state index in [0.29, 0.717) is 33.0 Å². The molecule has 0 bridgehead atoms. The fourth-order valence-corrected chi connectivity index (χ4v) is 3.89. The number of hydrogen-bond acceptors (Lipinski definition) is 4. The summed E-state index contributed by atoms with van der Waals surface area (Å²) in [6, 6.07) is 17.3. The topological polar surface area (TPSA) is 36.9 Å². The molecule has 0 aliphatic rings. The van der Waals surface area contributed by atoms with Gasteiger partial charge in [0, 0.05) is 29.2 Å². The predicted octanol–water partition coefficient (Wildman–Crippen LogP) is 6.21. The van der Waals surface area contributed by atoms with Gasteiger partial charge in [-0.15, -0.1) is 0 Å². The Labute approximate surface area is 180 Å². The van der Waals surface area contributed by atoms with Crippen LogP contribution in [-0.4, -0.2) is 28.4 Å². The minimum Gasteiger partial charge on any atom is -0.496 e. The van der Waals surface area contributed by atoms with Gasteiger partial charge in [0.05, 0.1) is 38.5 Å². The molecule has 0 heterocycles. The molecule has 3 aromatic carbocycles. The highest BCUT2D eigenvalue weighted by molar-refractivity contribution is 6.32. The predicted molar refractivity (Wildman–Crippen MR) is 116 cm³/mol. The summed E-state index contributed by atoms with van der Waals surface area (Å²) in [7, 11) is 6.38. The lowest BCUT2D eigenvalue weighted by molar-refractivity contribution is 0.386. The fraction of sp³-hybridized carbons (Fsp3) is 0.217. The van der Waals surface area contributed by atoms with Crippen molar-refractivity contribution < 1.29 is 18.9 Å². The molecule has 3 aromatic rings. The van der Waals surface area contributed by atoms with Gasteiger partial charge in [0.25, 0.3) is 0 Å². The summed E-state index contributed by atoms with van der Waals surface area (Å²) in [6.07, 6.45) is 0. The zero-order valence-electron chi connectivity index (χ0n) is 16.7. The minimum absolute atomic E-state index is 0.243. The van der Waals surface area contributed by atoms with E-state index in [1.807, 2.05) is 42.5 Å². The van der Waals surface area contributed by atoms with Crippen molar-refractivity contribution in [2.75, 3.05) is 28.4 Å². The SMILES string of the molecule is COc1cc(OC)c(C(c2ccccc2)c2cc(Cl)c(OC)cc2OC)cc1Cl. The van der Waals surface area contributed by atoms with Crippen molar-refractivity contribution in [2.45, 2.75) is 5.92 Å². The number of rotatable bonds is 7. The zero-order chi connectivity index (χ0) is 21.0. The average molecular weight is 433 g/mol. The molecule has 0 aromatic heterocycles. The Balaban J connectivity index is 2.32. The highest BCUT2D eigenvalue weighted by Crippen LogP contribution is 2.46. The summed E-state index contributed by atoms with van der Waals surface area (Å²) >= 11 is 12.9. The summed E-state index contributed by atoms with van der Waals surface area (Å²) in [5.41, 5.74) is 2.76. The monoisotopic (exact) mass is 432 g/mol. The molecule has 0 radical (unpaired) electrons. The first-order chi connectivity index (χ1) is 14.0. The van der Waals surface area contributed by atoms with Crippen LogP contribution in [0.1, 0.15) is 22.6 Å². The fourth-order valence-electron chi connectivity index (χ4n) is 3.39. The smallest absolute Gasteiger partial charge is 0.141 e. The lowest BCUT2D eigenvalue weighted by Gasteiger charge is -2.24. The van der Waals surface area contributed by atoms with E-state index in [9.17, 15) is 0 Å². The zero-order valence-corrected chi connectivity index (χ0v) is 18.2.